The summed E-state index contributed by atoms with van der Waals surface area (Å²) < 4.78 is 10.4. The van der Waals surface area contributed by atoms with Gasteiger partial charge in [-0.2, -0.15) is 0 Å². The van der Waals surface area contributed by atoms with E-state index in [1.807, 2.05) is 19.1 Å². The van der Waals surface area contributed by atoms with Gasteiger partial charge in [0.25, 0.3) is 0 Å². The van der Waals surface area contributed by atoms with E-state index in [2.05, 4.69) is 0 Å². The molecule has 0 N–H and O–H groups in total. The molecule has 0 saturated heterocycles. The van der Waals surface area contributed by atoms with Crippen molar-refractivity contribution in [2.75, 3.05) is 13.7 Å². The van der Waals surface area contributed by atoms with Crippen LogP contribution in [-0.2, 0) is 6.42 Å². The molecule has 1 aromatic rings. The number of methoxy groups -OCH3 is 1. The van der Waals surface area contributed by atoms with E-state index in [1.165, 1.54) is 0 Å². The number of carbonyl (C=O) groups is 1. The minimum absolute atomic E-state index is 0.0357. The van der Waals surface area contributed by atoms with E-state index in [-0.39, 0.29) is 12.4 Å². The molecule has 1 aromatic carbocycles. The second-order valence-corrected chi connectivity index (χ2v) is 3.24. The summed E-state index contributed by atoms with van der Waals surface area (Å²) in [6, 6.07) is 3.80. The Kier molecular flexibility index (Phi) is 2.15. The predicted octanol–water partition coefficient (Wildman–Crippen LogP) is 1.83. The van der Waals surface area contributed by atoms with Gasteiger partial charge in [0, 0.05) is 0 Å². The van der Waals surface area contributed by atoms with Gasteiger partial charge in [0.1, 0.15) is 0 Å². The van der Waals surface area contributed by atoms with Crippen LogP contribution in [-0.4, -0.2) is 19.5 Å². The Morgan fingerprint density at radius 2 is 2.29 bits per heavy atom. The van der Waals surface area contributed by atoms with Crippen LogP contribution < -0.4 is 9.47 Å². The Balaban J connectivity index is 2.58. The van der Waals surface area contributed by atoms with Crippen molar-refractivity contribution in [2.24, 2.45) is 0 Å². The third-order valence-corrected chi connectivity index (χ3v) is 2.39. The van der Waals surface area contributed by atoms with Crippen molar-refractivity contribution < 1.29 is 14.3 Å². The average Bonchev–Trinajstić information content (AvgIpc) is 2.59. The normalized spacial score (nSPS) is 13.7. The van der Waals surface area contributed by atoms with Gasteiger partial charge in [-0.05, 0) is 24.1 Å². The summed E-state index contributed by atoms with van der Waals surface area (Å²) in [6.45, 7) is 2.18. The fraction of sp³-hybridized carbons (Fsp3) is 0.364. The fourth-order valence-electron chi connectivity index (χ4n) is 1.59. The van der Waals surface area contributed by atoms with Crippen LogP contribution in [0.4, 0.5) is 0 Å². The first-order chi connectivity index (χ1) is 6.76. The zero-order valence-electron chi connectivity index (χ0n) is 8.29. The van der Waals surface area contributed by atoms with E-state index >= 15 is 0 Å². The molecule has 0 spiro atoms. The van der Waals surface area contributed by atoms with Crippen molar-refractivity contribution in [2.45, 2.75) is 13.3 Å². The smallest absolute Gasteiger partial charge is 0.204 e. The number of rotatable bonds is 2. The zero-order chi connectivity index (χ0) is 10.1. The number of fused-ring (bicyclic) bond motifs is 1. The number of benzene rings is 1. The summed E-state index contributed by atoms with van der Waals surface area (Å²) in [5, 5.41) is 0. The number of carbonyl (C=O) groups excluding carboxylic acids is 1. The maximum Gasteiger partial charge on any atom is 0.204 e. The number of aryl methyl sites for hydroxylation is 1. The number of hydrogen-bond acceptors (Lipinski definition) is 3. The summed E-state index contributed by atoms with van der Waals surface area (Å²) in [5.74, 6) is 1.29. The Morgan fingerprint density at radius 1 is 1.50 bits per heavy atom. The van der Waals surface area contributed by atoms with Crippen LogP contribution in [0, 0.1) is 0 Å². The van der Waals surface area contributed by atoms with Crippen molar-refractivity contribution in [3.63, 3.8) is 0 Å². The van der Waals surface area contributed by atoms with Crippen LogP contribution in [0.1, 0.15) is 22.8 Å². The lowest BCUT2D eigenvalue weighted by Gasteiger charge is -2.07. The van der Waals surface area contributed by atoms with E-state index in [0.29, 0.717) is 17.1 Å². The van der Waals surface area contributed by atoms with Crippen LogP contribution in [0.2, 0.25) is 0 Å². The standard InChI is InChI=1S/C11H12O3/c1-3-7-4-8-9(12)6-14-11(8)10(5-7)13-2/h4-5H,3,6H2,1-2H3. The van der Waals surface area contributed by atoms with Gasteiger partial charge in [0.15, 0.2) is 18.1 Å². The van der Waals surface area contributed by atoms with Crippen molar-refractivity contribution in [3.05, 3.63) is 23.3 Å². The predicted molar refractivity (Wildman–Crippen MR) is 52.2 cm³/mol. The lowest BCUT2D eigenvalue weighted by Crippen LogP contribution is -1.99. The Bertz CT molecular complexity index is 382. The lowest BCUT2D eigenvalue weighted by atomic mass is 10.1. The summed E-state index contributed by atoms with van der Waals surface area (Å²) in [6.07, 6.45) is 0.886. The molecule has 3 nitrogen and oxygen atoms in total. The molecule has 0 atom stereocenters. The van der Waals surface area contributed by atoms with Crippen molar-refractivity contribution in [1.82, 2.24) is 0 Å². The van der Waals surface area contributed by atoms with Gasteiger partial charge in [-0.25, -0.2) is 0 Å². The van der Waals surface area contributed by atoms with Gasteiger partial charge in [-0.15, -0.1) is 0 Å². The number of Topliss-reactive ketones (excluding diaryl/α,β-unsaturated/α-hetero) is 1. The van der Waals surface area contributed by atoms with Gasteiger partial charge < -0.3 is 9.47 Å². The molecule has 0 radical (unpaired) electrons. The largest absolute Gasteiger partial charge is 0.493 e. The molecule has 1 heterocycles. The molecule has 3 heteroatoms. The van der Waals surface area contributed by atoms with Gasteiger partial charge in [0.2, 0.25) is 5.78 Å². The molecule has 0 aliphatic carbocycles. The third kappa shape index (κ3) is 1.25. The van der Waals surface area contributed by atoms with Crippen molar-refractivity contribution in [1.29, 1.82) is 0 Å². The molecule has 0 aromatic heterocycles. The summed E-state index contributed by atoms with van der Waals surface area (Å²) >= 11 is 0. The van der Waals surface area contributed by atoms with E-state index in [9.17, 15) is 4.79 Å². The SMILES string of the molecule is CCc1cc(OC)c2c(c1)C(=O)CO2. The Hall–Kier alpha value is -1.51. The molecule has 0 unspecified atom stereocenters. The zero-order valence-corrected chi connectivity index (χ0v) is 8.29. The number of ether oxygens (including phenoxy) is 2. The first-order valence-corrected chi connectivity index (χ1v) is 4.63. The molecule has 74 valence electrons. The molecule has 1 aliphatic heterocycles. The average molecular weight is 192 g/mol. The van der Waals surface area contributed by atoms with E-state index in [4.69, 9.17) is 9.47 Å². The topological polar surface area (TPSA) is 35.5 Å². The minimum atomic E-state index is 0.0357. The van der Waals surface area contributed by atoms with E-state index < -0.39 is 0 Å². The quantitative estimate of drug-likeness (QED) is 0.717. The fourth-order valence-corrected chi connectivity index (χ4v) is 1.59. The second-order valence-electron chi connectivity index (χ2n) is 3.24. The highest BCUT2D eigenvalue weighted by Gasteiger charge is 2.25. The molecular formula is C11H12O3. The lowest BCUT2D eigenvalue weighted by molar-refractivity contribution is 0.0960. The highest BCUT2D eigenvalue weighted by atomic mass is 16.5. The minimum Gasteiger partial charge on any atom is -0.493 e. The molecule has 1 aliphatic rings. The van der Waals surface area contributed by atoms with Crippen LogP contribution in [0.5, 0.6) is 11.5 Å². The van der Waals surface area contributed by atoms with Gasteiger partial charge in [0.05, 0.1) is 12.7 Å². The first kappa shape index (κ1) is 9.06. The van der Waals surface area contributed by atoms with Gasteiger partial charge in [-0.1, -0.05) is 6.92 Å². The molecule has 2 rings (SSSR count). The van der Waals surface area contributed by atoms with Gasteiger partial charge >= 0.3 is 0 Å². The highest BCUT2D eigenvalue weighted by Crippen LogP contribution is 2.36. The number of ketones is 1. The molecule has 0 fully saturated rings. The monoisotopic (exact) mass is 192 g/mol. The van der Waals surface area contributed by atoms with E-state index in [1.54, 1.807) is 7.11 Å². The van der Waals surface area contributed by atoms with Gasteiger partial charge in [-0.3, -0.25) is 4.79 Å². The summed E-state index contributed by atoms with van der Waals surface area (Å²) in [7, 11) is 1.58. The van der Waals surface area contributed by atoms with Crippen LogP contribution in [0.25, 0.3) is 0 Å². The van der Waals surface area contributed by atoms with Crippen LogP contribution >= 0.6 is 0 Å². The third-order valence-electron chi connectivity index (χ3n) is 2.39. The Labute approximate surface area is 82.6 Å². The maximum absolute atomic E-state index is 11.4. The van der Waals surface area contributed by atoms with Crippen molar-refractivity contribution in [3.8, 4) is 11.5 Å². The van der Waals surface area contributed by atoms with E-state index in [0.717, 1.165) is 12.0 Å². The Morgan fingerprint density at radius 3 is 2.93 bits per heavy atom. The van der Waals surface area contributed by atoms with Crippen molar-refractivity contribution >= 4 is 5.78 Å². The molecule has 0 saturated carbocycles. The summed E-state index contributed by atoms with van der Waals surface area (Å²) in [4.78, 5) is 11.4. The molecule has 14 heavy (non-hydrogen) atoms. The first-order valence-electron chi connectivity index (χ1n) is 4.63. The van der Waals surface area contributed by atoms with Crippen LogP contribution in [0.15, 0.2) is 12.1 Å². The molecular weight excluding hydrogens is 180 g/mol. The summed E-state index contributed by atoms with van der Waals surface area (Å²) in [5.41, 5.74) is 1.75. The highest BCUT2D eigenvalue weighted by molar-refractivity contribution is 6.03. The number of hydrogen-bond donors (Lipinski definition) is 0. The second kappa shape index (κ2) is 3.33. The maximum atomic E-state index is 11.4. The molecule has 0 amide bonds. The van der Waals surface area contributed by atoms with Crippen LogP contribution in [0.3, 0.4) is 0 Å². The molecule has 0 bridgehead atoms.